The Labute approximate surface area is 102 Å². The largest absolute Gasteiger partial charge is 0.383 e. The Bertz CT molecular complexity index is 404. The molecule has 2 nitrogen and oxygen atoms in total. The molecule has 0 aromatic carbocycles. The van der Waals surface area contributed by atoms with E-state index in [0.29, 0.717) is 0 Å². The Morgan fingerprint density at radius 3 is 2.71 bits per heavy atom. The average molecular weight is 337 g/mol. The van der Waals surface area contributed by atoms with Crippen LogP contribution in [0.15, 0.2) is 32.8 Å². The van der Waals surface area contributed by atoms with Crippen molar-refractivity contribution in [2.45, 2.75) is 6.10 Å². The molecule has 2 aromatic heterocycles. The second-order valence-electron chi connectivity index (χ2n) is 2.82. The third-order valence-electron chi connectivity index (χ3n) is 1.87. The SMILES string of the molecule is OC(c1cc[nH]c1)c1cc(Br)c(Br)s1. The molecule has 2 heterocycles. The van der Waals surface area contributed by atoms with Crippen LogP contribution in [0, 0.1) is 0 Å². The molecule has 74 valence electrons. The minimum absolute atomic E-state index is 0.547. The number of aliphatic hydroxyl groups excluding tert-OH is 1. The quantitative estimate of drug-likeness (QED) is 0.862. The first-order valence-electron chi connectivity index (χ1n) is 3.94. The van der Waals surface area contributed by atoms with E-state index in [1.54, 1.807) is 12.4 Å². The second kappa shape index (κ2) is 4.18. The van der Waals surface area contributed by atoms with Crippen molar-refractivity contribution in [3.8, 4) is 0 Å². The fourth-order valence-electron chi connectivity index (χ4n) is 1.17. The molecule has 0 radical (unpaired) electrons. The summed E-state index contributed by atoms with van der Waals surface area (Å²) in [7, 11) is 0. The molecule has 2 N–H and O–H groups in total. The van der Waals surface area contributed by atoms with Crippen LogP contribution in [0.25, 0.3) is 0 Å². The summed E-state index contributed by atoms with van der Waals surface area (Å²) in [6.45, 7) is 0. The van der Waals surface area contributed by atoms with Crippen molar-refractivity contribution < 1.29 is 5.11 Å². The standard InChI is InChI=1S/C9H7Br2NOS/c10-6-3-7(14-9(6)11)8(13)5-1-2-12-4-5/h1-4,8,12-13H. The van der Waals surface area contributed by atoms with Crippen molar-refractivity contribution in [2.75, 3.05) is 0 Å². The molecular weight excluding hydrogens is 330 g/mol. The molecule has 14 heavy (non-hydrogen) atoms. The van der Waals surface area contributed by atoms with E-state index in [1.165, 1.54) is 11.3 Å². The van der Waals surface area contributed by atoms with E-state index in [2.05, 4.69) is 36.8 Å². The zero-order valence-corrected chi connectivity index (χ0v) is 11.0. The molecule has 2 aromatic rings. The molecule has 0 bridgehead atoms. The van der Waals surface area contributed by atoms with Gasteiger partial charge in [-0.15, -0.1) is 11.3 Å². The first-order valence-corrected chi connectivity index (χ1v) is 6.34. The summed E-state index contributed by atoms with van der Waals surface area (Å²) >= 11 is 8.32. The minimum atomic E-state index is -0.547. The zero-order chi connectivity index (χ0) is 10.1. The minimum Gasteiger partial charge on any atom is -0.383 e. The number of hydrogen-bond donors (Lipinski definition) is 2. The highest BCUT2D eigenvalue weighted by atomic mass is 79.9. The summed E-state index contributed by atoms with van der Waals surface area (Å²) in [4.78, 5) is 3.84. The normalized spacial score (nSPS) is 13.1. The number of aliphatic hydroxyl groups is 1. The van der Waals surface area contributed by atoms with Crippen molar-refractivity contribution in [1.82, 2.24) is 4.98 Å². The van der Waals surface area contributed by atoms with Crippen LogP contribution in [-0.4, -0.2) is 10.1 Å². The van der Waals surface area contributed by atoms with Gasteiger partial charge < -0.3 is 10.1 Å². The Hall–Kier alpha value is -0.1000. The number of aromatic amines is 1. The van der Waals surface area contributed by atoms with Crippen LogP contribution in [0.4, 0.5) is 0 Å². The molecule has 1 atom stereocenters. The number of nitrogens with one attached hydrogen (secondary N) is 1. The third kappa shape index (κ3) is 1.95. The Morgan fingerprint density at radius 2 is 2.21 bits per heavy atom. The van der Waals surface area contributed by atoms with E-state index in [4.69, 9.17) is 0 Å². The van der Waals surface area contributed by atoms with Gasteiger partial charge in [0.25, 0.3) is 0 Å². The summed E-state index contributed by atoms with van der Waals surface area (Å²) < 4.78 is 1.98. The molecule has 0 fully saturated rings. The smallest absolute Gasteiger partial charge is 0.115 e. The van der Waals surface area contributed by atoms with Crippen LogP contribution in [0.5, 0.6) is 0 Å². The highest BCUT2D eigenvalue weighted by Crippen LogP contribution is 2.37. The van der Waals surface area contributed by atoms with Crippen LogP contribution < -0.4 is 0 Å². The molecule has 0 aliphatic carbocycles. The van der Waals surface area contributed by atoms with Gasteiger partial charge in [-0.3, -0.25) is 0 Å². The van der Waals surface area contributed by atoms with E-state index >= 15 is 0 Å². The van der Waals surface area contributed by atoms with Crippen LogP contribution in [0.3, 0.4) is 0 Å². The van der Waals surface area contributed by atoms with Crippen molar-refractivity contribution >= 4 is 43.2 Å². The van der Waals surface area contributed by atoms with Gasteiger partial charge in [-0.25, -0.2) is 0 Å². The van der Waals surface area contributed by atoms with Gasteiger partial charge in [-0.1, -0.05) is 0 Å². The van der Waals surface area contributed by atoms with Gasteiger partial charge in [0, 0.05) is 27.3 Å². The summed E-state index contributed by atoms with van der Waals surface area (Å²) in [5.74, 6) is 0. The number of hydrogen-bond acceptors (Lipinski definition) is 2. The second-order valence-corrected chi connectivity index (χ2v) is 6.07. The fourth-order valence-corrected chi connectivity index (χ4v) is 3.27. The Kier molecular flexibility index (Phi) is 3.11. The summed E-state index contributed by atoms with van der Waals surface area (Å²) in [6.07, 6.45) is 3.05. The molecule has 0 aliphatic heterocycles. The molecule has 0 amide bonds. The predicted molar refractivity (Wildman–Crippen MR) is 64.6 cm³/mol. The lowest BCUT2D eigenvalue weighted by Gasteiger charge is -2.04. The van der Waals surface area contributed by atoms with Gasteiger partial charge in [-0.05, 0) is 44.0 Å². The van der Waals surface area contributed by atoms with Crippen LogP contribution >= 0.6 is 43.2 Å². The van der Waals surface area contributed by atoms with Gasteiger partial charge in [-0.2, -0.15) is 0 Å². The van der Waals surface area contributed by atoms with Crippen LogP contribution in [0.2, 0.25) is 0 Å². The zero-order valence-electron chi connectivity index (χ0n) is 7.00. The molecule has 5 heteroatoms. The molecule has 2 rings (SSSR count). The summed E-state index contributed by atoms with van der Waals surface area (Å²) in [5, 5.41) is 9.97. The van der Waals surface area contributed by atoms with Crippen molar-refractivity contribution in [2.24, 2.45) is 0 Å². The van der Waals surface area contributed by atoms with E-state index in [1.807, 2.05) is 12.1 Å². The van der Waals surface area contributed by atoms with Gasteiger partial charge in [0.05, 0.1) is 3.79 Å². The first kappa shape index (κ1) is 10.4. The van der Waals surface area contributed by atoms with Gasteiger partial charge >= 0.3 is 0 Å². The Morgan fingerprint density at radius 1 is 1.43 bits per heavy atom. The number of H-pyrrole nitrogens is 1. The predicted octanol–water partition coefficient (Wildman–Crippen LogP) is 3.68. The van der Waals surface area contributed by atoms with E-state index in [0.717, 1.165) is 18.7 Å². The third-order valence-corrected chi connectivity index (χ3v) is 5.18. The summed E-state index contributed by atoms with van der Waals surface area (Å²) in [6, 6.07) is 3.79. The van der Waals surface area contributed by atoms with E-state index in [9.17, 15) is 5.11 Å². The monoisotopic (exact) mass is 335 g/mol. The highest BCUT2D eigenvalue weighted by molar-refractivity contribution is 9.13. The fraction of sp³-hybridized carbons (Fsp3) is 0.111. The van der Waals surface area contributed by atoms with Gasteiger partial charge in [0.15, 0.2) is 0 Å². The number of thiophene rings is 1. The Balaban J connectivity index is 2.32. The lowest BCUT2D eigenvalue weighted by Crippen LogP contribution is -1.94. The number of halogens is 2. The lowest BCUT2D eigenvalue weighted by molar-refractivity contribution is 0.224. The van der Waals surface area contributed by atoms with Crippen molar-refractivity contribution in [3.05, 3.63) is 43.2 Å². The average Bonchev–Trinajstić information content (AvgIpc) is 2.76. The van der Waals surface area contributed by atoms with Crippen molar-refractivity contribution in [3.63, 3.8) is 0 Å². The van der Waals surface area contributed by atoms with Crippen molar-refractivity contribution in [1.29, 1.82) is 0 Å². The molecule has 1 unspecified atom stereocenters. The maximum Gasteiger partial charge on any atom is 0.115 e. The van der Waals surface area contributed by atoms with E-state index in [-0.39, 0.29) is 0 Å². The van der Waals surface area contributed by atoms with Gasteiger partial charge in [0.2, 0.25) is 0 Å². The molecule has 0 saturated heterocycles. The molecular formula is C9H7Br2NOS. The lowest BCUT2D eigenvalue weighted by atomic mass is 10.2. The molecule has 0 saturated carbocycles. The number of rotatable bonds is 2. The number of aromatic nitrogens is 1. The van der Waals surface area contributed by atoms with E-state index < -0.39 is 6.10 Å². The van der Waals surface area contributed by atoms with Gasteiger partial charge in [0.1, 0.15) is 6.10 Å². The first-order chi connectivity index (χ1) is 6.68. The van der Waals surface area contributed by atoms with Crippen LogP contribution in [-0.2, 0) is 0 Å². The van der Waals surface area contributed by atoms with Crippen LogP contribution in [0.1, 0.15) is 16.5 Å². The maximum absolute atomic E-state index is 9.97. The molecule has 0 aliphatic rings. The molecule has 0 spiro atoms. The highest BCUT2D eigenvalue weighted by Gasteiger charge is 2.14. The maximum atomic E-state index is 9.97. The summed E-state index contributed by atoms with van der Waals surface area (Å²) in [5.41, 5.74) is 0.881. The topological polar surface area (TPSA) is 36.0 Å².